The molecule has 144 valence electrons. The van der Waals surface area contributed by atoms with Gasteiger partial charge in [-0.3, -0.25) is 4.79 Å². The van der Waals surface area contributed by atoms with Crippen LogP contribution in [-0.4, -0.2) is 21.5 Å². The third-order valence-corrected chi connectivity index (χ3v) is 5.11. The van der Waals surface area contributed by atoms with Crippen molar-refractivity contribution in [2.24, 2.45) is 0 Å². The van der Waals surface area contributed by atoms with E-state index in [2.05, 4.69) is 76.6 Å². The maximum Gasteiger partial charge on any atom is 0.238 e. The van der Waals surface area contributed by atoms with E-state index in [1.54, 1.807) is 12.5 Å². The van der Waals surface area contributed by atoms with Crippen molar-refractivity contribution in [1.29, 1.82) is 0 Å². The summed E-state index contributed by atoms with van der Waals surface area (Å²) in [5.41, 5.74) is 11.1. The normalized spacial score (nSPS) is 18.9. The second-order valence-corrected chi connectivity index (χ2v) is 7.31. The highest BCUT2D eigenvalue weighted by Crippen LogP contribution is 2.22. The third kappa shape index (κ3) is 4.47. The number of rotatable bonds is 6. The van der Waals surface area contributed by atoms with Crippen molar-refractivity contribution in [3.63, 3.8) is 0 Å². The molecule has 6 nitrogen and oxygen atoms in total. The van der Waals surface area contributed by atoms with Crippen molar-refractivity contribution in [1.82, 2.24) is 25.7 Å². The van der Waals surface area contributed by atoms with Gasteiger partial charge in [-0.15, -0.1) is 0 Å². The topological polar surface area (TPSA) is 71.0 Å². The molecule has 2 heterocycles. The lowest BCUT2D eigenvalue weighted by molar-refractivity contribution is -0.123. The number of nitrogens with one attached hydrogen (secondary N) is 3. The number of hydrogen-bond donors (Lipinski definition) is 3. The number of hydrogen-bond acceptors (Lipinski definition) is 4. The number of hydrazine groups is 1. The van der Waals surface area contributed by atoms with E-state index in [1.807, 2.05) is 10.8 Å². The lowest BCUT2D eigenvalue weighted by Gasteiger charge is -2.11. The van der Waals surface area contributed by atoms with Crippen molar-refractivity contribution < 1.29 is 4.79 Å². The number of amides is 1. The minimum absolute atomic E-state index is 0.0182. The minimum Gasteiger partial charge on any atom is -0.351 e. The summed E-state index contributed by atoms with van der Waals surface area (Å²) in [6, 6.07) is 16.6. The molecule has 6 heteroatoms. The fraction of sp³-hybridized carbons (Fsp3) is 0.273. The first kappa shape index (κ1) is 18.4. The summed E-state index contributed by atoms with van der Waals surface area (Å²) in [7, 11) is 0. The van der Waals surface area contributed by atoms with E-state index in [0.29, 0.717) is 6.54 Å². The second kappa shape index (κ2) is 8.37. The third-order valence-electron chi connectivity index (χ3n) is 5.11. The van der Waals surface area contributed by atoms with Crippen LogP contribution in [0.5, 0.6) is 0 Å². The first-order valence-electron chi connectivity index (χ1n) is 9.56. The van der Waals surface area contributed by atoms with Gasteiger partial charge in [0.2, 0.25) is 5.91 Å². The van der Waals surface area contributed by atoms with Gasteiger partial charge in [-0.05, 0) is 30.0 Å². The van der Waals surface area contributed by atoms with Crippen molar-refractivity contribution in [3.05, 3.63) is 89.5 Å². The average Bonchev–Trinajstić information content (AvgIpc) is 3.40. The first-order valence-corrected chi connectivity index (χ1v) is 9.56. The lowest BCUT2D eigenvalue weighted by Crippen LogP contribution is -2.42. The van der Waals surface area contributed by atoms with E-state index in [-0.39, 0.29) is 18.0 Å². The zero-order valence-electron chi connectivity index (χ0n) is 15.9. The number of carbonyl (C=O) groups excluding carboxylic acids is 1. The summed E-state index contributed by atoms with van der Waals surface area (Å²) < 4.78 is 2.03. The van der Waals surface area contributed by atoms with Crippen LogP contribution in [-0.2, 0) is 17.9 Å². The number of nitrogens with zero attached hydrogens (tertiary/aromatic N) is 2. The monoisotopic (exact) mass is 375 g/mol. The van der Waals surface area contributed by atoms with Crippen molar-refractivity contribution in [2.75, 3.05) is 0 Å². The fourth-order valence-electron chi connectivity index (χ4n) is 3.41. The molecule has 1 saturated heterocycles. The average molecular weight is 375 g/mol. The van der Waals surface area contributed by atoms with Crippen LogP contribution in [0.1, 0.15) is 34.7 Å². The summed E-state index contributed by atoms with van der Waals surface area (Å²) >= 11 is 0. The molecule has 0 radical (unpaired) electrons. The molecule has 28 heavy (non-hydrogen) atoms. The van der Waals surface area contributed by atoms with Gasteiger partial charge in [0.15, 0.2) is 0 Å². The molecule has 2 aromatic carbocycles. The number of aromatic nitrogens is 2. The van der Waals surface area contributed by atoms with Crippen LogP contribution in [0.15, 0.2) is 67.3 Å². The fourth-order valence-corrected chi connectivity index (χ4v) is 3.41. The molecule has 0 bridgehead atoms. The van der Waals surface area contributed by atoms with Gasteiger partial charge in [-0.25, -0.2) is 15.8 Å². The Morgan fingerprint density at radius 1 is 1.11 bits per heavy atom. The van der Waals surface area contributed by atoms with Gasteiger partial charge in [0.25, 0.3) is 0 Å². The standard InChI is InChI=1S/C22H25N5O/c1-16-2-8-19(9-3-16)20-12-21(26-25-20)22(28)24-13-17-4-6-18(7-5-17)14-27-11-10-23-15-27/h2-11,15,20-21,25-26H,12-14H2,1H3,(H,24,28). The summed E-state index contributed by atoms with van der Waals surface area (Å²) in [5.74, 6) is 0.0182. The molecule has 0 saturated carbocycles. The highest BCUT2D eigenvalue weighted by Gasteiger charge is 2.29. The van der Waals surface area contributed by atoms with Crippen molar-refractivity contribution in [2.45, 2.75) is 38.5 Å². The molecule has 1 aliphatic heterocycles. The highest BCUT2D eigenvalue weighted by atomic mass is 16.2. The zero-order valence-corrected chi connectivity index (χ0v) is 15.9. The minimum atomic E-state index is -0.230. The smallest absolute Gasteiger partial charge is 0.238 e. The Morgan fingerprint density at radius 2 is 1.86 bits per heavy atom. The van der Waals surface area contributed by atoms with E-state index in [1.165, 1.54) is 16.7 Å². The predicted octanol–water partition coefficient (Wildman–Crippen LogP) is 2.46. The molecule has 3 aromatic rings. The van der Waals surface area contributed by atoms with Crippen LogP contribution in [0.25, 0.3) is 0 Å². The molecule has 0 spiro atoms. The van der Waals surface area contributed by atoms with Crippen LogP contribution < -0.4 is 16.2 Å². The van der Waals surface area contributed by atoms with Crippen LogP contribution in [0, 0.1) is 6.92 Å². The van der Waals surface area contributed by atoms with E-state index in [0.717, 1.165) is 18.5 Å². The Morgan fingerprint density at radius 3 is 2.57 bits per heavy atom. The molecule has 2 atom stereocenters. The van der Waals surface area contributed by atoms with Gasteiger partial charge in [0.1, 0.15) is 6.04 Å². The summed E-state index contributed by atoms with van der Waals surface area (Å²) in [4.78, 5) is 16.6. The van der Waals surface area contributed by atoms with Gasteiger partial charge in [-0.2, -0.15) is 0 Å². The van der Waals surface area contributed by atoms with Gasteiger partial charge in [0.05, 0.1) is 6.33 Å². The molecular formula is C22H25N5O. The van der Waals surface area contributed by atoms with Crippen LogP contribution in [0.4, 0.5) is 0 Å². The van der Waals surface area contributed by atoms with Gasteiger partial charge < -0.3 is 9.88 Å². The Hall–Kier alpha value is -2.96. The quantitative estimate of drug-likeness (QED) is 0.619. The van der Waals surface area contributed by atoms with E-state index >= 15 is 0 Å². The van der Waals surface area contributed by atoms with Crippen molar-refractivity contribution >= 4 is 5.91 Å². The molecule has 1 amide bonds. The largest absolute Gasteiger partial charge is 0.351 e. The molecule has 4 rings (SSSR count). The van der Waals surface area contributed by atoms with E-state index < -0.39 is 0 Å². The van der Waals surface area contributed by atoms with E-state index in [9.17, 15) is 4.79 Å². The maximum atomic E-state index is 12.5. The first-order chi connectivity index (χ1) is 13.7. The molecule has 1 aromatic heterocycles. The summed E-state index contributed by atoms with van der Waals surface area (Å²) in [6.45, 7) is 3.40. The Bertz CT molecular complexity index is 903. The van der Waals surface area contributed by atoms with Crippen LogP contribution in [0.2, 0.25) is 0 Å². The molecule has 0 aliphatic carbocycles. The van der Waals surface area contributed by atoms with Gasteiger partial charge >= 0.3 is 0 Å². The SMILES string of the molecule is Cc1ccc(C2CC(C(=O)NCc3ccc(Cn4ccnc4)cc3)NN2)cc1. The Labute approximate surface area is 165 Å². The molecular weight excluding hydrogens is 350 g/mol. The van der Waals surface area contributed by atoms with Crippen LogP contribution in [0.3, 0.4) is 0 Å². The molecule has 2 unspecified atom stereocenters. The molecule has 1 aliphatic rings. The van der Waals surface area contributed by atoms with E-state index in [4.69, 9.17) is 0 Å². The Balaban J connectivity index is 1.27. The number of benzene rings is 2. The predicted molar refractivity (Wildman–Crippen MR) is 108 cm³/mol. The van der Waals surface area contributed by atoms with Crippen molar-refractivity contribution in [3.8, 4) is 0 Å². The summed E-state index contributed by atoms with van der Waals surface area (Å²) in [5, 5.41) is 3.03. The van der Waals surface area contributed by atoms with Crippen LogP contribution >= 0.6 is 0 Å². The number of aryl methyl sites for hydroxylation is 1. The second-order valence-electron chi connectivity index (χ2n) is 7.31. The maximum absolute atomic E-state index is 12.5. The number of carbonyl (C=O) groups is 1. The highest BCUT2D eigenvalue weighted by molar-refractivity contribution is 5.82. The molecule has 1 fully saturated rings. The summed E-state index contributed by atoms with van der Waals surface area (Å²) in [6.07, 6.45) is 6.26. The molecule has 3 N–H and O–H groups in total. The zero-order chi connectivity index (χ0) is 19.3. The van der Waals surface area contributed by atoms with Gasteiger partial charge in [-0.1, -0.05) is 54.1 Å². The number of imidazole rings is 1. The Kier molecular flexibility index (Phi) is 5.50. The lowest BCUT2D eigenvalue weighted by atomic mass is 10.0. The van der Waals surface area contributed by atoms with Gasteiger partial charge in [0, 0.05) is 31.5 Å².